The first-order valence-corrected chi connectivity index (χ1v) is 8.22. The lowest BCUT2D eigenvalue weighted by Crippen LogP contribution is -2.48. The van der Waals surface area contributed by atoms with Crippen LogP contribution in [0.3, 0.4) is 0 Å². The maximum atomic E-state index is 5.90. The van der Waals surface area contributed by atoms with Gasteiger partial charge in [0.15, 0.2) is 5.96 Å². The lowest BCUT2D eigenvalue weighted by molar-refractivity contribution is -0.00804. The van der Waals surface area contributed by atoms with E-state index in [4.69, 9.17) is 9.73 Å². The van der Waals surface area contributed by atoms with Crippen molar-refractivity contribution in [3.63, 3.8) is 0 Å². The quantitative estimate of drug-likeness (QED) is 0.401. The van der Waals surface area contributed by atoms with Crippen molar-refractivity contribution in [2.45, 2.75) is 19.6 Å². The SMILES string of the molecule is CCNC(=NCCn1cncn1)N1CCOC(c2cnn(C)c2)C1.I. The number of halogens is 1. The van der Waals surface area contributed by atoms with Gasteiger partial charge >= 0.3 is 0 Å². The third-order valence-electron chi connectivity index (χ3n) is 3.85. The number of hydrogen-bond donors (Lipinski definition) is 1. The molecule has 1 saturated heterocycles. The summed E-state index contributed by atoms with van der Waals surface area (Å²) in [6, 6.07) is 0. The van der Waals surface area contributed by atoms with Crippen molar-refractivity contribution in [2.75, 3.05) is 32.8 Å². The van der Waals surface area contributed by atoms with Crippen molar-refractivity contribution in [3.8, 4) is 0 Å². The molecule has 1 aliphatic rings. The molecular weight excluding hydrogens is 435 g/mol. The number of hydrogen-bond acceptors (Lipinski definition) is 5. The zero-order valence-corrected chi connectivity index (χ0v) is 16.9. The standard InChI is InChI=1S/C15H24N8O.HI/c1-3-17-15(18-4-5-23-12-16-11-20-23)22-6-7-24-14(10-22)13-8-19-21(2)9-13;/h8-9,11-12,14H,3-7,10H2,1-2H3,(H,17,18);1H. The van der Waals surface area contributed by atoms with Crippen LogP contribution < -0.4 is 5.32 Å². The van der Waals surface area contributed by atoms with Crippen LogP contribution in [-0.2, 0) is 18.3 Å². The monoisotopic (exact) mass is 460 g/mol. The van der Waals surface area contributed by atoms with E-state index < -0.39 is 0 Å². The summed E-state index contributed by atoms with van der Waals surface area (Å²) >= 11 is 0. The highest BCUT2D eigenvalue weighted by atomic mass is 127. The first kappa shape index (κ1) is 19.6. The lowest BCUT2D eigenvalue weighted by Gasteiger charge is -2.34. The van der Waals surface area contributed by atoms with E-state index in [1.165, 1.54) is 6.33 Å². The van der Waals surface area contributed by atoms with E-state index in [2.05, 4.69) is 32.3 Å². The molecule has 0 aliphatic carbocycles. The van der Waals surface area contributed by atoms with Gasteiger partial charge in [0, 0.05) is 31.9 Å². The van der Waals surface area contributed by atoms with E-state index >= 15 is 0 Å². The molecule has 10 heteroatoms. The van der Waals surface area contributed by atoms with E-state index in [-0.39, 0.29) is 30.1 Å². The van der Waals surface area contributed by atoms with Crippen LogP contribution in [0.2, 0.25) is 0 Å². The zero-order valence-electron chi connectivity index (χ0n) is 14.6. The minimum Gasteiger partial charge on any atom is -0.370 e. The second kappa shape index (κ2) is 9.70. The van der Waals surface area contributed by atoms with E-state index in [9.17, 15) is 0 Å². The summed E-state index contributed by atoms with van der Waals surface area (Å²) in [6.45, 7) is 6.54. The second-order valence-electron chi connectivity index (χ2n) is 5.65. The van der Waals surface area contributed by atoms with E-state index in [0.29, 0.717) is 19.7 Å². The normalized spacial score (nSPS) is 18.1. The summed E-state index contributed by atoms with van der Waals surface area (Å²) < 4.78 is 9.48. The molecule has 3 heterocycles. The molecular formula is C15H25IN8O. The van der Waals surface area contributed by atoms with Gasteiger partial charge < -0.3 is 15.0 Å². The molecule has 0 aromatic carbocycles. The highest BCUT2D eigenvalue weighted by molar-refractivity contribution is 14.0. The minimum absolute atomic E-state index is 0. The number of nitrogens with zero attached hydrogens (tertiary/aromatic N) is 7. The van der Waals surface area contributed by atoms with Crippen molar-refractivity contribution >= 4 is 29.9 Å². The summed E-state index contributed by atoms with van der Waals surface area (Å²) in [7, 11) is 1.92. The van der Waals surface area contributed by atoms with Crippen molar-refractivity contribution in [2.24, 2.45) is 12.0 Å². The van der Waals surface area contributed by atoms with Gasteiger partial charge in [0.1, 0.15) is 18.8 Å². The number of rotatable bonds is 5. The molecule has 0 spiro atoms. The fourth-order valence-electron chi connectivity index (χ4n) is 2.68. The summed E-state index contributed by atoms with van der Waals surface area (Å²) in [5, 5.41) is 11.7. The van der Waals surface area contributed by atoms with Crippen LogP contribution in [0.25, 0.3) is 0 Å². The van der Waals surface area contributed by atoms with E-state index in [1.807, 2.05) is 19.4 Å². The molecule has 2 aromatic rings. The Kier molecular flexibility index (Phi) is 7.62. The smallest absolute Gasteiger partial charge is 0.194 e. The molecule has 1 aliphatic heterocycles. The van der Waals surface area contributed by atoms with Gasteiger partial charge in [-0.1, -0.05) is 0 Å². The first-order valence-electron chi connectivity index (χ1n) is 8.22. The molecule has 1 N–H and O–H groups in total. The van der Waals surface area contributed by atoms with Crippen LogP contribution in [0.4, 0.5) is 0 Å². The maximum Gasteiger partial charge on any atom is 0.194 e. The van der Waals surface area contributed by atoms with E-state index in [0.717, 1.165) is 31.2 Å². The van der Waals surface area contributed by atoms with Crippen LogP contribution in [0.15, 0.2) is 30.0 Å². The van der Waals surface area contributed by atoms with Crippen LogP contribution in [0, 0.1) is 0 Å². The number of ether oxygens (including phenoxy) is 1. The molecule has 1 fully saturated rings. The van der Waals surface area contributed by atoms with Gasteiger partial charge in [-0.15, -0.1) is 24.0 Å². The molecule has 138 valence electrons. The summed E-state index contributed by atoms with van der Waals surface area (Å²) in [4.78, 5) is 10.9. The van der Waals surface area contributed by atoms with Crippen molar-refractivity contribution < 1.29 is 4.74 Å². The molecule has 0 bridgehead atoms. The highest BCUT2D eigenvalue weighted by Crippen LogP contribution is 2.21. The average molecular weight is 460 g/mol. The Balaban J connectivity index is 0.00000225. The van der Waals surface area contributed by atoms with E-state index in [1.54, 1.807) is 15.7 Å². The molecule has 2 aromatic heterocycles. The van der Waals surface area contributed by atoms with Crippen LogP contribution in [0.1, 0.15) is 18.6 Å². The highest BCUT2D eigenvalue weighted by Gasteiger charge is 2.25. The summed E-state index contributed by atoms with van der Waals surface area (Å²) in [5.41, 5.74) is 1.10. The number of aliphatic imine (C=N–C) groups is 1. The molecule has 1 unspecified atom stereocenters. The van der Waals surface area contributed by atoms with Gasteiger partial charge in [0.05, 0.1) is 32.4 Å². The summed E-state index contributed by atoms with van der Waals surface area (Å²) in [5.74, 6) is 0.912. The van der Waals surface area contributed by atoms with Crippen molar-refractivity contribution in [1.29, 1.82) is 0 Å². The van der Waals surface area contributed by atoms with Gasteiger partial charge in [0.2, 0.25) is 0 Å². The number of aryl methyl sites for hydroxylation is 1. The molecule has 0 amide bonds. The van der Waals surface area contributed by atoms with Crippen molar-refractivity contribution in [1.82, 2.24) is 34.8 Å². The Morgan fingerprint density at radius 3 is 3.00 bits per heavy atom. The Morgan fingerprint density at radius 1 is 1.44 bits per heavy atom. The second-order valence-corrected chi connectivity index (χ2v) is 5.65. The van der Waals surface area contributed by atoms with Gasteiger partial charge in [-0.2, -0.15) is 10.2 Å². The Morgan fingerprint density at radius 2 is 2.32 bits per heavy atom. The van der Waals surface area contributed by atoms with Gasteiger partial charge in [-0.25, -0.2) is 4.98 Å². The van der Waals surface area contributed by atoms with Crippen LogP contribution in [-0.4, -0.2) is 68.2 Å². The number of morpholine rings is 1. The topological polar surface area (TPSA) is 85.4 Å². The van der Waals surface area contributed by atoms with Crippen LogP contribution >= 0.6 is 24.0 Å². The Labute approximate surface area is 164 Å². The molecule has 0 radical (unpaired) electrons. The predicted molar refractivity (Wildman–Crippen MR) is 105 cm³/mol. The van der Waals surface area contributed by atoms with Crippen molar-refractivity contribution in [3.05, 3.63) is 30.6 Å². The third-order valence-corrected chi connectivity index (χ3v) is 3.85. The molecule has 9 nitrogen and oxygen atoms in total. The van der Waals surface area contributed by atoms with Gasteiger partial charge in [0.25, 0.3) is 0 Å². The van der Waals surface area contributed by atoms with Gasteiger partial charge in [-0.3, -0.25) is 14.4 Å². The third kappa shape index (κ3) is 5.39. The fourth-order valence-corrected chi connectivity index (χ4v) is 2.68. The van der Waals surface area contributed by atoms with Crippen LogP contribution in [0.5, 0.6) is 0 Å². The number of guanidine groups is 1. The largest absolute Gasteiger partial charge is 0.370 e. The molecule has 0 saturated carbocycles. The molecule has 1 atom stereocenters. The number of aromatic nitrogens is 5. The Bertz CT molecular complexity index is 656. The molecule has 25 heavy (non-hydrogen) atoms. The fraction of sp³-hybridized carbons (Fsp3) is 0.600. The van der Waals surface area contributed by atoms with Gasteiger partial charge in [-0.05, 0) is 6.92 Å². The first-order chi connectivity index (χ1) is 11.8. The number of nitrogens with one attached hydrogen (secondary N) is 1. The molecule has 3 rings (SSSR count). The predicted octanol–water partition coefficient (Wildman–Crippen LogP) is 0.669. The maximum absolute atomic E-state index is 5.90. The minimum atomic E-state index is 0. The Hall–Kier alpha value is -1.69. The average Bonchev–Trinajstić information content (AvgIpc) is 3.26. The summed E-state index contributed by atoms with van der Waals surface area (Å²) in [6.07, 6.45) is 7.13. The lowest BCUT2D eigenvalue weighted by atomic mass is 10.1. The zero-order chi connectivity index (χ0) is 16.8.